The second-order valence-electron chi connectivity index (χ2n) is 8.85. The van der Waals surface area contributed by atoms with E-state index in [4.69, 9.17) is 16.6 Å². The summed E-state index contributed by atoms with van der Waals surface area (Å²) < 4.78 is 2.06. The number of rotatable bonds is 6. The number of hydrogen-bond donors (Lipinski definition) is 3. The van der Waals surface area contributed by atoms with E-state index in [1.165, 1.54) is 10.4 Å². The molecule has 1 aromatic carbocycles. The normalized spacial score (nSPS) is 16.9. The van der Waals surface area contributed by atoms with Gasteiger partial charge in [-0.3, -0.25) is 14.9 Å². The average Bonchev–Trinajstić information content (AvgIpc) is 3.19. The highest BCUT2D eigenvalue weighted by atomic mass is 35.5. The second-order valence-corrected chi connectivity index (χ2v) is 10.5. The molecule has 0 radical (unpaired) electrons. The molecule has 3 aromatic rings. The van der Waals surface area contributed by atoms with Gasteiger partial charge in [-0.1, -0.05) is 23.7 Å². The first-order valence-corrected chi connectivity index (χ1v) is 11.7. The number of thiophene rings is 1. The zero-order valence-corrected chi connectivity index (χ0v) is 20.4. The summed E-state index contributed by atoms with van der Waals surface area (Å²) in [5.74, 6) is 1.47. The van der Waals surface area contributed by atoms with E-state index >= 15 is 0 Å². The van der Waals surface area contributed by atoms with Crippen LogP contribution in [0.4, 0.5) is 0 Å². The van der Waals surface area contributed by atoms with Gasteiger partial charge in [0.1, 0.15) is 23.1 Å². The van der Waals surface area contributed by atoms with Gasteiger partial charge in [0.25, 0.3) is 0 Å². The molecule has 0 saturated heterocycles. The topological polar surface area (TPSA) is 95.6 Å². The van der Waals surface area contributed by atoms with Crippen molar-refractivity contribution in [3.05, 3.63) is 62.5 Å². The van der Waals surface area contributed by atoms with Crippen molar-refractivity contribution in [1.29, 1.82) is 0 Å². The molecular weight excluding hydrogens is 446 g/mol. The molecule has 4 rings (SSSR count). The number of aliphatic hydroxyl groups is 2. The number of fused-ring (bicyclic) bond motifs is 3. The van der Waals surface area contributed by atoms with Crippen LogP contribution in [0.25, 0.3) is 5.00 Å². The van der Waals surface area contributed by atoms with Gasteiger partial charge >= 0.3 is 0 Å². The lowest BCUT2D eigenvalue weighted by molar-refractivity contribution is 0.0449. The molecule has 0 amide bonds. The Morgan fingerprint density at radius 3 is 2.53 bits per heavy atom. The van der Waals surface area contributed by atoms with Crippen LogP contribution in [0.2, 0.25) is 5.02 Å². The van der Waals surface area contributed by atoms with Crippen LogP contribution in [0.3, 0.4) is 0 Å². The van der Waals surface area contributed by atoms with Crippen LogP contribution in [0.5, 0.6) is 0 Å². The molecule has 3 N–H and O–H groups in total. The van der Waals surface area contributed by atoms with Crippen molar-refractivity contribution in [2.75, 3.05) is 6.54 Å². The second kappa shape index (κ2) is 8.68. The summed E-state index contributed by atoms with van der Waals surface area (Å²) in [6, 6.07) is 7.23. The summed E-state index contributed by atoms with van der Waals surface area (Å²) in [6.45, 7) is 9.78. The largest absolute Gasteiger partial charge is 0.389 e. The number of aliphatic hydroxyl groups excluding tert-OH is 1. The summed E-state index contributed by atoms with van der Waals surface area (Å²) in [4.78, 5) is 6.33. The Hall–Kier alpha value is -2.10. The Labute approximate surface area is 196 Å². The number of aryl methyl sites for hydroxylation is 2. The molecule has 9 heteroatoms. The predicted molar refractivity (Wildman–Crippen MR) is 128 cm³/mol. The average molecular weight is 474 g/mol. The number of halogens is 1. The summed E-state index contributed by atoms with van der Waals surface area (Å²) in [7, 11) is 0. The van der Waals surface area contributed by atoms with Crippen LogP contribution in [-0.4, -0.2) is 49.1 Å². The fraction of sp³-hybridized carbons (Fsp3) is 0.435. The van der Waals surface area contributed by atoms with Crippen LogP contribution in [-0.2, 0) is 0 Å². The summed E-state index contributed by atoms with van der Waals surface area (Å²) >= 11 is 7.83. The molecule has 1 aliphatic rings. The maximum Gasteiger partial charge on any atom is 0.163 e. The number of nitrogens with one attached hydrogen (secondary N) is 1. The number of nitrogens with zero attached hydrogens (tertiary/aromatic N) is 4. The van der Waals surface area contributed by atoms with Gasteiger partial charge < -0.3 is 10.2 Å². The molecule has 2 aromatic heterocycles. The number of benzene rings is 1. The smallest absolute Gasteiger partial charge is 0.163 e. The minimum atomic E-state index is -0.933. The van der Waals surface area contributed by atoms with Crippen LogP contribution in [0.15, 0.2) is 29.3 Å². The fourth-order valence-corrected chi connectivity index (χ4v) is 5.16. The minimum absolute atomic E-state index is 0.256. The van der Waals surface area contributed by atoms with Gasteiger partial charge in [-0.15, -0.1) is 21.5 Å². The third-order valence-corrected chi connectivity index (χ3v) is 7.02. The van der Waals surface area contributed by atoms with E-state index in [0.717, 1.165) is 27.7 Å². The molecule has 0 bridgehead atoms. The third-order valence-electron chi connectivity index (χ3n) is 5.57. The number of hydrogen-bond acceptors (Lipinski definition) is 7. The predicted octanol–water partition coefficient (Wildman–Crippen LogP) is 3.87. The Morgan fingerprint density at radius 2 is 1.88 bits per heavy atom. The lowest BCUT2D eigenvalue weighted by Gasteiger charge is -2.22. The van der Waals surface area contributed by atoms with E-state index in [1.54, 1.807) is 25.2 Å². The first kappa shape index (κ1) is 23.1. The Bertz CT molecular complexity index is 1160. The van der Waals surface area contributed by atoms with Gasteiger partial charge in [-0.05, 0) is 52.3 Å². The Morgan fingerprint density at radius 1 is 1.19 bits per heavy atom. The van der Waals surface area contributed by atoms with Crippen LogP contribution < -0.4 is 5.32 Å². The van der Waals surface area contributed by atoms with Gasteiger partial charge in [-0.2, -0.15) is 0 Å². The van der Waals surface area contributed by atoms with E-state index in [1.807, 2.05) is 31.2 Å². The fourth-order valence-electron chi connectivity index (χ4n) is 3.82. The first-order chi connectivity index (χ1) is 15.0. The zero-order valence-electron chi connectivity index (χ0n) is 18.8. The highest BCUT2D eigenvalue weighted by Gasteiger charge is 2.32. The molecule has 0 saturated carbocycles. The van der Waals surface area contributed by atoms with E-state index < -0.39 is 17.9 Å². The van der Waals surface area contributed by atoms with Gasteiger partial charge in [0.2, 0.25) is 0 Å². The molecule has 1 unspecified atom stereocenters. The lowest BCUT2D eigenvalue weighted by atomic mass is 9.99. The molecule has 0 aliphatic carbocycles. The summed E-state index contributed by atoms with van der Waals surface area (Å²) in [5, 5.41) is 34.1. The van der Waals surface area contributed by atoms with Crippen molar-refractivity contribution in [3.8, 4) is 5.00 Å². The highest BCUT2D eigenvalue weighted by molar-refractivity contribution is 7.15. The molecule has 1 aliphatic heterocycles. The van der Waals surface area contributed by atoms with Crippen molar-refractivity contribution in [2.45, 2.75) is 58.9 Å². The molecule has 3 heterocycles. The maximum atomic E-state index is 10.7. The van der Waals surface area contributed by atoms with Crippen molar-refractivity contribution >= 4 is 28.6 Å². The molecule has 32 heavy (non-hydrogen) atoms. The van der Waals surface area contributed by atoms with Gasteiger partial charge in [0.15, 0.2) is 5.82 Å². The molecule has 7 nitrogen and oxygen atoms in total. The Kier molecular flexibility index (Phi) is 6.26. The van der Waals surface area contributed by atoms with E-state index in [0.29, 0.717) is 10.8 Å². The first-order valence-electron chi connectivity index (χ1n) is 10.6. The molecule has 0 spiro atoms. The Balaban J connectivity index is 1.83. The highest BCUT2D eigenvalue weighted by Crippen LogP contribution is 2.39. The monoisotopic (exact) mass is 473 g/mol. The number of aromatic nitrogens is 3. The van der Waals surface area contributed by atoms with E-state index in [2.05, 4.69) is 33.9 Å². The maximum absolute atomic E-state index is 10.7. The quantitative estimate of drug-likeness (QED) is 0.472. The summed E-state index contributed by atoms with van der Waals surface area (Å²) in [6.07, 6.45) is -0.579. The minimum Gasteiger partial charge on any atom is -0.389 e. The van der Waals surface area contributed by atoms with Gasteiger partial charge in [0.05, 0.1) is 11.3 Å². The van der Waals surface area contributed by atoms with Crippen molar-refractivity contribution in [2.24, 2.45) is 4.99 Å². The van der Waals surface area contributed by atoms with Crippen LogP contribution >= 0.6 is 22.9 Å². The standard InChI is InChI=1S/C23H28ClN5O2S/c1-12-13(2)32-22-19(12)20(15-6-8-16(24)9-7-15)26-17(21-28-27-14(3)29(21)22)10-18(30)25-11-23(4,5)31/h6-9,17-18,25,30-31H,10-11H2,1-5H3/t17-,18?/m0/s1. The molecule has 2 atom stereocenters. The van der Waals surface area contributed by atoms with Crippen molar-refractivity contribution in [3.63, 3.8) is 0 Å². The van der Waals surface area contributed by atoms with E-state index in [-0.39, 0.29) is 13.0 Å². The third kappa shape index (κ3) is 4.51. The van der Waals surface area contributed by atoms with Gasteiger partial charge in [-0.25, -0.2) is 0 Å². The number of aliphatic imine (C=N–C) groups is 1. The van der Waals surface area contributed by atoms with Gasteiger partial charge in [0, 0.05) is 34.0 Å². The zero-order chi connectivity index (χ0) is 23.2. The van der Waals surface area contributed by atoms with Crippen molar-refractivity contribution < 1.29 is 10.2 Å². The van der Waals surface area contributed by atoms with Crippen LogP contribution in [0, 0.1) is 20.8 Å². The summed E-state index contributed by atoms with van der Waals surface area (Å²) in [5.41, 5.74) is 3.09. The SMILES string of the molecule is Cc1sc2c(c1C)C(c1ccc(Cl)cc1)=N[C@@H](CC(O)NCC(C)(C)O)c1nnc(C)n1-2. The lowest BCUT2D eigenvalue weighted by Crippen LogP contribution is -2.41. The van der Waals surface area contributed by atoms with Crippen molar-refractivity contribution in [1.82, 2.24) is 20.1 Å². The molecule has 0 fully saturated rings. The van der Waals surface area contributed by atoms with E-state index in [9.17, 15) is 10.2 Å². The molecular formula is C23H28ClN5O2S. The van der Waals surface area contributed by atoms with Crippen LogP contribution in [0.1, 0.15) is 59.5 Å². The molecule has 170 valence electrons.